The van der Waals surface area contributed by atoms with E-state index in [0.717, 1.165) is 0 Å². The number of nitrogens with one attached hydrogen (secondary N) is 1. The molecule has 0 aliphatic carbocycles. The minimum absolute atomic E-state index is 0.0793. The van der Waals surface area contributed by atoms with E-state index in [1.807, 2.05) is 6.07 Å². The van der Waals surface area contributed by atoms with Gasteiger partial charge in [-0.05, 0) is 36.4 Å². The zero-order valence-corrected chi connectivity index (χ0v) is 17.4. The number of anilines is 1. The number of methoxy groups -OCH3 is 1. The Balaban J connectivity index is 1.64. The molecule has 1 amide bonds. The van der Waals surface area contributed by atoms with Crippen molar-refractivity contribution in [3.63, 3.8) is 0 Å². The number of benzene rings is 2. The Morgan fingerprint density at radius 2 is 2.06 bits per heavy atom. The Kier molecular flexibility index (Phi) is 4.83. The molecule has 1 aromatic heterocycles. The van der Waals surface area contributed by atoms with Crippen LogP contribution in [0.15, 0.2) is 70.4 Å². The van der Waals surface area contributed by atoms with Crippen molar-refractivity contribution in [3.8, 4) is 17.6 Å². The van der Waals surface area contributed by atoms with Crippen LogP contribution in [0.1, 0.15) is 21.7 Å². The van der Waals surface area contributed by atoms with Gasteiger partial charge in [0.15, 0.2) is 23.9 Å². The number of Topliss-reactive ketones (excluding diaryl/α,β-unsaturated/α-hetero) is 1. The molecule has 0 unspecified atom stereocenters. The number of carbonyl (C=O) groups is 2. The van der Waals surface area contributed by atoms with Crippen LogP contribution in [0.4, 0.5) is 5.69 Å². The normalized spacial score (nSPS) is 20.4. The summed E-state index contributed by atoms with van der Waals surface area (Å²) in [5.74, 6) is -1.29. The van der Waals surface area contributed by atoms with Gasteiger partial charge in [0.05, 0.1) is 13.4 Å². The fourth-order valence-electron chi connectivity index (χ4n) is 4.20. The number of furan rings is 1. The van der Waals surface area contributed by atoms with Crippen LogP contribution in [-0.2, 0) is 15.2 Å². The number of amides is 1. The van der Waals surface area contributed by atoms with Crippen molar-refractivity contribution in [3.05, 3.63) is 77.7 Å². The van der Waals surface area contributed by atoms with Crippen LogP contribution in [0.3, 0.4) is 0 Å². The van der Waals surface area contributed by atoms with Crippen molar-refractivity contribution in [2.24, 2.45) is 11.1 Å². The first-order chi connectivity index (χ1) is 16.1. The average molecular weight is 443 g/mol. The molecule has 2 aliphatic rings. The second-order valence-corrected chi connectivity index (χ2v) is 7.39. The number of para-hydroxylation sites is 1. The second-order valence-electron chi connectivity index (χ2n) is 7.39. The van der Waals surface area contributed by atoms with E-state index in [-0.39, 0.29) is 18.1 Å². The molecule has 2 atom stereocenters. The number of hydrogen-bond donors (Lipinski definition) is 1. The Hall–Kier alpha value is -4.58. The number of carbonyl (C=O) groups excluding carboxylic acids is 2. The van der Waals surface area contributed by atoms with E-state index in [2.05, 4.69) is 10.5 Å². The van der Waals surface area contributed by atoms with E-state index in [4.69, 9.17) is 24.0 Å². The summed E-state index contributed by atoms with van der Waals surface area (Å²) in [6.45, 7) is -0.153. The van der Waals surface area contributed by atoms with Crippen LogP contribution >= 0.6 is 0 Å². The van der Waals surface area contributed by atoms with Gasteiger partial charge in [0.2, 0.25) is 5.78 Å². The summed E-state index contributed by atoms with van der Waals surface area (Å²) in [5, 5.41) is 15.8. The maximum Gasteiger partial charge on any atom is 0.277 e. The average Bonchev–Trinajstić information content (AvgIpc) is 3.57. The van der Waals surface area contributed by atoms with Gasteiger partial charge in [0.25, 0.3) is 11.5 Å². The predicted octanol–water partition coefficient (Wildman–Crippen LogP) is 3.27. The molecule has 0 saturated heterocycles. The zero-order valence-electron chi connectivity index (χ0n) is 17.4. The smallest absolute Gasteiger partial charge is 0.277 e. The molecule has 3 heterocycles. The number of nitriles is 1. The maximum absolute atomic E-state index is 13.6. The first-order valence-corrected chi connectivity index (χ1v) is 10.0. The minimum atomic E-state index is -1.68. The molecule has 0 fully saturated rings. The molecule has 9 nitrogen and oxygen atoms in total. The second kappa shape index (κ2) is 7.84. The van der Waals surface area contributed by atoms with Crippen LogP contribution in [0.5, 0.6) is 11.5 Å². The Bertz CT molecular complexity index is 1320. The molecule has 33 heavy (non-hydrogen) atoms. The predicted molar refractivity (Wildman–Crippen MR) is 115 cm³/mol. The SMILES string of the molecule is COc1cc(C2=NO[C@]3(C(=O)Nc4ccccc43)[C@H]2C(=O)c2ccco2)ccc1OCC#N. The van der Waals surface area contributed by atoms with Gasteiger partial charge in [-0.25, -0.2) is 0 Å². The van der Waals surface area contributed by atoms with Crippen molar-refractivity contribution in [2.45, 2.75) is 5.60 Å². The molecule has 0 saturated carbocycles. The molecule has 2 aliphatic heterocycles. The highest BCUT2D eigenvalue weighted by atomic mass is 16.7. The summed E-state index contributed by atoms with van der Waals surface area (Å²) < 4.78 is 16.1. The third kappa shape index (κ3) is 3.03. The van der Waals surface area contributed by atoms with Gasteiger partial charge in [-0.2, -0.15) is 5.26 Å². The van der Waals surface area contributed by atoms with Gasteiger partial charge in [0, 0.05) is 16.8 Å². The van der Waals surface area contributed by atoms with Gasteiger partial charge < -0.3 is 24.0 Å². The first kappa shape index (κ1) is 20.3. The topological polar surface area (TPSA) is 123 Å². The number of rotatable bonds is 6. The number of ether oxygens (including phenoxy) is 2. The molecule has 1 spiro atoms. The molecular formula is C24H17N3O6. The molecule has 3 aromatic rings. The number of ketones is 1. The molecule has 1 N–H and O–H groups in total. The van der Waals surface area contributed by atoms with Crippen molar-refractivity contribution >= 4 is 23.1 Å². The Morgan fingerprint density at radius 3 is 2.82 bits per heavy atom. The van der Waals surface area contributed by atoms with Crippen LogP contribution in [-0.4, -0.2) is 31.1 Å². The van der Waals surface area contributed by atoms with Gasteiger partial charge in [-0.15, -0.1) is 0 Å². The standard InChI is InChI=1S/C24H17N3O6/c1-30-19-13-14(8-9-17(19)32-12-10-25)21-20(22(28)18-7-4-11-31-18)24(33-27-21)15-5-2-3-6-16(15)26-23(24)29/h2-9,11,13,20H,12H2,1H3,(H,26,29)/t20-,24+/m1/s1. The highest BCUT2D eigenvalue weighted by Crippen LogP contribution is 2.50. The number of hydrogen-bond acceptors (Lipinski definition) is 8. The molecule has 5 rings (SSSR count). The lowest BCUT2D eigenvalue weighted by Gasteiger charge is -2.26. The zero-order chi connectivity index (χ0) is 23.0. The summed E-state index contributed by atoms with van der Waals surface area (Å²) in [7, 11) is 1.46. The molecule has 2 aromatic carbocycles. The van der Waals surface area contributed by atoms with Crippen molar-refractivity contribution in [2.75, 3.05) is 19.0 Å². The fraction of sp³-hybridized carbons (Fsp3) is 0.167. The third-order valence-corrected chi connectivity index (χ3v) is 5.66. The minimum Gasteiger partial charge on any atom is -0.493 e. The summed E-state index contributed by atoms with van der Waals surface area (Å²) in [6.07, 6.45) is 1.39. The fourth-order valence-corrected chi connectivity index (χ4v) is 4.20. The van der Waals surface area contributed by atoms with E-state index in [0.29, 0.717) is 28.3 Å². The molecule has 164 valence electrons. The van der Waals surface area contributed by atoms with Crippen LogP contribution in [0, 0.1) is 17.2 Å². The number of oxime groups is 1. The van der Waals surface area contributed by atoms with E-state index in [1.54, 1.807) is 48.5 Å². The molecule has 0 radical (unpaired) electrons. The highest BCUT2D eigenvalue weighted by molar-refractivity contribution is 6.24. The van der Waals surface area contributed by atoms with Crippen LogP contribution < -0.4 is 14.8 Å². The maximum atomic E-state index is 13.6. The van der Waals surface area contributed by atoms with Gasteiger partial charge in [0.1, 0.15) is 17.7 Å². The first-order valence-electron chi connectivity index (χ1n) is 10.0. The lowest BCUT2D eigenvalue weighted by atomic mass is 9.75. The number of fused-ring (bicyclic) bond motifs is 2. The van der Waals surface area contributed by atoms with Gasteiger partial charge in [-0.3, -0.25) is 9.59 Å². The van der Waals surface area contributed by atoms with Gasteiger partial charge >= 0.3 is 0 Å². The van der Waals surface area contributed by atoms with Crippen LogP contribution in [0.25, 0.3) is 0 Å². The Labute approximate surface area is 188 Å². The number of nitrogens with zero attached hydrogens (tertiary/aromatic N) is 2. The highest BCUT2D eigenvalue weighted by Gasteiger charge is 2.63. The summed E-state index contributed by atoms with van der Waals surface area (Å²) in [6, 6.07) is 16.9. The lowest BCUT2D eigenvalue weighted by Crippen LogP contribution is -2.46. The van der Waals surface area contributed by atoms with E-state index < -0.39 is 23.2 Å². The lowest BCUT2D eigenvalue weighted by molar-refractivity contribution is -0.140. The van der Waals surface area contributed by atoms with Crippen LogP contribution in [0.2, 0.25) is 0 Å². The van der Waals surface area contributed by atoms with E-state index in [1.165, 1.54) is 19.4 Å². The summed E-state index contributed by atoms with van der Waals surface area (Å²) in [5.41, 5.74) is 0.121. The van der Waals surface area contributed by atoms with Crippen molar-refractivity contribution in [1.29, 1.82) is 5.26 Å². The molecular weight excluding hydrogens is 426 g/mol. The van der Waals surface area contributed by atoms with Gasteiger partial charge in [-0.1, -0.05) is 23.4 Å². The van der Waals surface area contributed by atoms with E-state index >= 15 is 0 Å². The molecule has 9 heteroatoms. The van der Waals surface area contributed by atoms with E-state index in [9.17, 15) is 9.59 Å². The van der Waals surface area contributed by atoms with Crippen molar-refractivity contribution < 1.29 is 28.3 Å². The molecule has 0 bridgehead atoms. The third-order valence-electron chi connectivity index (χ3n) is 5.66. The van der Waals surface area contributed by atoms with Crippen molar-refractivity contribution in [1.82, 2.24) is 0 Å². The summed E-state index contributed by atoms with van der Waals surface area (Å²) >= 11 is 0. The monoisotopic (exact) mass is 443 g/mol. The Morgan fingerprint density at radius 1 is 1.21 bits per heavy atom. The quantitative estimate of drug-likeness (QED) is 0.580. The largest absolute Gasteiger partial charge is 0.493 e. The summed E-state index contributed by atoms with van der Waals surface area (Å²) in [4.78, 5) is 32.7.